The molecule has 1 aromatic rings. The average Bonchev–Trinajstić information content (AvgIpc) is 2.25. The third kappa shape index (κ3) is 3.52. The van der Waals surface area contributed by atoms with Crippen LogP contribution in [0.5, 0.6) is 0 Å². The summed E-state index contributed by atoms with van der Waals surface area (Å²) in [5.74, 6) is 0. The Bertz CT molecular complexity index is 316. The lowest BCUT2D eigenvalue weighted by Crippen LogP contribution is -2.28. The number of hydrogen-bond acceptors (Lipinski definition) is 1. The number of halogens is 3. The fourth-order valence-corrected chi connectivity index (χ4v) is 1.46. The zero-order valence-electron chi connectivity index (χ0n) is 9.22. The number of aryl methyl sites for hydroxylation is 1. The van der Waals surface area contributed by atoms with Crippen molar-refractivity contribution in [3.05, 3.63) is 35.4 Å². The summed E-state index contributed by atoms with van der Waals surface area (Å²) in [6.45, 7) is 2.08. The molecule has 1 nitrogen and oxygen atoms in total. The third-order valence-electron chi connectivity index (χ3n) is 2.51. The maximum atomic E-state index is 12.3. The van der Waals surface area contributed by atoms with Gasteiger partial charge in [-0.3, -0.25) is 0 Å². The van der Waals surface area contributed by atoms with E-state index in [4.69, 9.17) is 5.73 Å². The molecule has 0 saturated heterocycles. The Morgan fingerprint density at radius 1 is 1.19 bits per heavy atom. The first kappa shape index (κ1) is 13.0. The summed E-state index contributed by atoms with van der Waals surface area (Å²) in [6, 6.07) is 4.48. The second-order valence-corrected chi connectivity index (χ2v) is 3.86. The van der Waals surface area contributed by atoms with Crippen molar-refractivity contribution in [2.24, 2.45) is 5.73 Å². The first-order chi connectivity index (χ1) is 7.45. The Hall–Kier alpha value is -1.03. The van der Waals surface area contributed by atoms with Gasteiger partial charge in [-0.2, -0.15) is 13.2 Å². The number of benzene rings is 1. The topological polar surface area (TPSA) is 26.0 Å². The highest BCUT2D eigenvalue weighted by Crippen LogP contribution is 2.30. The van der Waals surface area contributed by atoms with Crippen molar-refractivity contribution in [2.75, 3.05) is 0 Å². The number of unbranched alkanes of at least 4 members (excludes halogenated alkanes) is 1. The van der Waals surface area contributed by atoms with E-state index in [9.17, 15) is 13.2 Å². The molecule has 0 unspecified atom stereocenters. The van der Waals surface area contributed by atoms with Crippen LogP contribution in [-0.4, -0.2) is 6.18 Å². The third-order valence-corrected chi connectivity index (χ3v) is 2.51. The number of alkyl halides is 3. The first-order valence-corrected chi connectivity index (χ1v) is 5.36. The molecule has 1 aromatic carbocycles. The van der Waals surface area contributed by atoms with Crippen molar-refractivity contribution in [1.29, 1.82) is 0 Å². The van der Waals surface area contributed by atoms with Gasteiger partial charge in [0.1, 0.15) is 6.04 Å². The van der Waals surface area contributed by atoms with Gasteiger partial charge in [-0.1, -0.05) is 37.6 Å². The van der Waals surface area contributed by atoms with Crippen LogP contribution in [0.4, 0.5) is 13.2 Å². The number of rotatable bonds is 4. The Kier molecular flexibility index (Phi) is 4.35. The van der Waals surface area contributed by atoms with Crippen LogP contribution in [0.25, 0.3) is 0 Å². The van der Waals surface area contributed by atoms with Gasteiger partial charge in [0.15, 0.2) is 0 Å². The fraction of sp³-hybridized carbons (Fsp3) is 0.500. The Morgan fingerprint density at radius 3 is 2.19 bits per heavy atom. The molecule has 2 N–H and O–H groups in total. The lowest BCUT2D eigenvalue weighted by atomic mass is 10.0. The molecule has 90 valence electrons. The Balaban J connectivity index is 2.71. The maximum absolute atomic E-state index is 12.3. The van der Waals surface area contributed by atoms with E-state index in [1.54, 1.807) is 12.1 Å². The molecule has 16 heavy (non-hydrogen) atoms. The molecular formula is C12H16F3N. The molecule has 4 heteroatoms. The SMILES string of the molecule is CCCCc1ccc([C@H](N)C(F)(F)F)cc1. The van der Waals surface area contributed by atoms with Crippen molar-refractivity contribution in [2.45, 2.75) is 38.4 Å². The summed E-state index contributed by atoms with van der Waals surface area (Å²) in [6.07, 6.45) is -1.35. The molecule has 0 aromatic heterocycles. The molecule has 0 saturated carbocycles. The van der Waals surface area contributed by atoms with Crippen LogP contribution >= 0.6 is 0 Å². The van der Waals surface area contributed by atoms with Crippen molar-refractivity contribution < 1.29 is 13.2 Å². The van der Waals surface area contributed by atoms with Crippen LogP contribution in [-0.2, 0) is 6.42 Å². The van der Waals surface area contributed by atoms with Gasteiger partial charge in [-0.05, 0) is 24.0 Å². The van der Waals surface area contributed by atoms with Crippen molar-refractivity contribution in [3.8, 4) is 0 Å². The number of hydrogen-bond donors (Lipinski definition) is 1. The average molecular weight is 231 g/mol. The normalized spacial score (nSPS) is 13.8. The monoisotopic (exact) mass is 231 g/mol. The molecule has 0 aliphatic rings. The Labute approximate surface area is 93.5 Å². The zero-order chi connectivity index (χ0) is 12.2. The predicted octanol–water partition coefficient (Wildman–Crippen LogP) is 3.59. The molecule has 0 aliphatic carbocycles. The molecular weight excluding hydrogens is 215 g/mol. The van der Waals surface area contributed by atoms with Crippen LogP contribution in [0.3, 0.4) is 0 Å². The second-order valence-electron chi connectivity index (χ2n) is 3.86. The number of nitrogens with two attached hydrogens (primary N) is 1. The van der Waals surface area contributed by atoms with E-state index in [1.165, 1.54) is 12.1 Å². The molecule has 0 aliphatic heterocycles. The van der Waals surface area contributed by atoms with Gasteiger partial charge >= 0.3 is 6.18 Å². The molecule has 1 atom stereocenters. The minimum Gasteiger partial charge on any atom is -0.316 e. The minimum atomic E-state index is -4.37. The molecule has 0 radical (unpaired) electrons. The highest BCUT2D eigenvalue weighted by Gasteiger charge is 2.37. The van der Waals surface area contributed by atoms with E-state index >= 15 is 0 Å². The van der Waals surface area contributed by atoms with Crippen LogP contribution in [0, 0.1) is 0 Å². The fourth-order valence-electron chi connectivity index (χ4n) is 1.46. The van der Waals surface area contributed by atoms with Crippen molar-refractivity contribution in [1.82, 2.24) is 0 Å². The zero-order valence-corrected chi connectivity index (χ0v) is 9.22. The van der Waals surface area contributed by atoms with Crippen molar-refractivity contribution >= 4 is 0 Å². The van der Waals surface area contributed by atoms with E-state index in [0.29, 0.717) is 0 Å². The lowest BCUT2D eigenvalue weighted by Gasteiger charge is -2.16. The van der Waals surface area contributed by atoms with Gasteiger partial charge in [0, 0.05) is 0 Å². The summed E-state index contributed by atoms with van der Waals surface area (Å²) in [7, 11) is 0. The van der Waals surface area contributed by atoms with Gasteiger partial charge < -0.3 is 5.73 Å². The van der Waals surface area contributed by atoms with E-state index in [2.05, 4.69) is 6.92 Å². The maximum Gasteiger partial charge on any atom is 0.407 e. The largest absolute Gasteiger partial charge is 0.407 e. The summed E-state index contributed by atoms with van der Waals surface area (Å²) < 4.78 is 36.9. The van der Waals surface area contributed by atoms with Gasteiger partial charge in [-0.15, -0.1) is 0 Å². The molecule has 0 amide bonds. The molecule has 0 bridgehead atoms. The van der Waals surface area contributed by atoms with Crippen LogP contribution < -0.4 is 5.73 Å². The molecule has 0 spiro atoms. The first-order valence-electron chi connectivity index (χ1n) is 5.36. The summed E-state index contributed by atoms with van der Waals surface area (Å²) in [5.41, 5.74) is 6.27. The summed E-state index contributed by atoms with van der Waals surface area (Å²) >= 11 is 0. The smallest absolute Gasteiger partial charge is 0.316 e. The quantitative estimate of drug-likeness (QED) is 0.841. The van der Waals surface area contributed by atoms with Gasteiger partial charge in [0.25, 0.3) is 0 Å². The lowest BCUT2D eigenvalue weighted by molar-refractivity contribution is -0.149. The van der Waals surface area contributed by atoms with Crippen LogP contribution in [0.2, 0.25) is 0 Å². The van der Waals surface area contributed by atoms with Crippen LogP contribution in [0.1, 0.15) is 36.9 Å². The van der Waals surface area contributed by atoms with Gasteiger partial charge in [-0.25, -0.2) is 0 Å². The van der Waals surface area contributed by atoms with E-state index in [0.717, 1.165) is 24.8 Å². The van der Waals surface area contributed by atoms with Crippen LogP contribution in [0.15, 0.2) is 24.3 Å². The van der Waals surface area contributed by atoms with Gasteiger partial charge in [0.05, 0.1) is 0 Å². The predicted molar refractivity (Wildman–Crippen MR) is 58.0 cm³/mol. The molecule has 0 fully saturated rings. The highest BCUT2D eigenvalue weighted by molar-refractivity contribution is 5.25. The van der Waals surface area contributed by atoms with E-state index in [-0.39, 0.29) is 5.56 Å². The second kappa shape index (κ2) is 5.34. The summed E-state index contributed by atoms with van der Waals surface area (Å²) in [5, 5.41) is 0. The van der Waals surface area contributed by atoms with Gasteiger partial charge in [0.2, 0.25) is 0 Å². The standard InChI is InChI=1S/C12H16F3N/c1-2-3-4-9-5-7-10(8-6-9)11(16)12(13,14)15/h5-8,11H,2-4,16H2,1H3/t11-/m0/s1. The van der Waals surface area contributed by atoms with E-state index in [1.807, 2.05) is 0 Å². The van der Waals surface area contributed by atoms with E-state index < -0.39 is 12.2 Å². The molecule has 0 heterocycles. The highest BCUT2D eigenvalue weighted by atomic mass is 19.4. The minimum absolute atomic E-state index is 0.118. The molecule has 1 rings (SSSR count). The van der Waals surface area contributed by atoms with Crippen molar-refractivity contribution in [3.63, 3.8) is 0 Å². The Morgan fingerprint density at radius 2 is 1.75 bits per heavy atom. The summed E-state index contributed by atoms with van der Waals surface area (Å²) in [4.78, 5) is 0.